The number of amides is 1. The number of nitrogens with one attached hydrogen (secondary N) is 1. The Hall–Kier alpha value is -2.54. The predicted octanol–water partition coefficient (Wildman–Crippen LogP) is 2.70. The Balaban J connectivity index is 1.65. The molecule has 0 spiro atoms. The zero-order valence-electron chi connectivity index (χ0n) is 14.9. The topological polar surface area (TPSA) is 75.7 Å². The largest absolute Gasteiger partial charge is 0.476 e. The normalized spacial score (nSPS) is 20.0. The average molecular weight is 386 g/mol. The van der Waals surface area contributed by atoms with Gasteiger partial charge in [0.2, 0.25) is 0 Å². The van der Waals surface area contributed by atoms with Crippen molar-refractivity contribution in [3.63, 3.8) is 0 Å². The Morgan fingerprint density at radius 2 is 1.67 bits per heavy atom. The van der Waals surface area contributed by atoms with E-state index >= 15 is 0 Å². The van der Waals surface area contributed by atoms with Gasteiger partial charge in [0.05, 0.1) is 17.1 Å². The van der Waals surface area contributed by atoms with E-state index in [2.05, 4.69) is 5.32 Å². The highest BCUT2D eigenvalue weighted by molar-refractivity contribution is 7.92. The van der Waals surface area contributed by atoms with E-state index in [1.807, 2.05) is 0 Å². The molecule has 0 aromatic heterocycles. The lowest BCUT2D eigenvalue weighted by molar-refractivity contribution is -0.128. The number of sulfonamides is 1. The van der Waals surface area contributed by atoms with Gasteiger partial charge in [-0.15, -0.1) is 0 Å². The van der Waals surface area contributed by atoms with Crippen molar-refractivity contribution < 1.29 is 17.9 Å². The summed E-state index contributed by atoms with van der Waals surface area (Å²) in [6.07, 6.45) is 3.25. The van der Waals surface area contributed by atoms with E-state index < -0.39 is 16.1 Å². The van der Waals surface area contributed by atoms with Crippen LogP contribution in [-0.4, -0.2) is 33.0 Å². The summed E-state index contributed by atoms with van der Waals surface area (Å²) in [5, 5.41) is 3.01. The van der Waals surface area contributed by atoms with E-state index in [9.17, 15) is 13.2 Å². The number of hydrogen-bond acceptors (Lipinski definition) is 4. The summed E-state index contributed by atoms with van der Waals surface area (Å²) in [4.78, 5) is 12.9. The quantitative estimate of drug-likeness (QED) is 0.877. The molecule has 0 saturated heterocycles. The molecular weight excluding hydrogens is 364 g/mol. The molecule has 7 heteroatoms. The van der Waals surface area contributed by atoms with Crippen LogP contribution in [0.15, 0.2) is 59.5 Å². The van der Waals surface area contributed by atoms with Crippen molar-refractivity contribution in [3.05, 3.63) is 54.6 Å². The van der Waals surface area contributed by atoms with Crippen LogP contribution < -0.4 is 14.4 Å². The van der Waals surface area contributed by atoms with Crippen molar-refractivity contribution in [1.82, 2.24) is 5.32 Å². The van der Waals surface area contributed by atoms with Crippen LogP contribution in [0.3, 0.4) is 0 Å². The van der Waals surface area contributed by atoms with Gasteiger partial charge in [-0.25, -0.2) is 8.42 Å². The van der Waals surface area contributed by atoms with E-state index in [1.165, 1.54) is 4.31 Å². The molecule has 2 aromatic carbocycles. The lowest BCUT2D eigenvalue weighted by Gasteiger charge is -2.35. The first-order chi connectivity index (χ1) is 13.1. The van der Waals surface area contributed by atoms with Gasteiger partial charge in [0.15, 0.2) is 6.10 Å². The zero-order chi connectivity index (χ0) is 18.9. The molecule has 1 heterocycles. The molecule has 2 aliphatic rings. The second kappa shape index (κ2) is 7.23. The van der Waals surface area contributed by atoms with E-state index in [-0.39, 0.29) is 23.4 Å². The number of carbonyl (C=O) groups is 1. The molecule has 4 rings (SSSR count). The van der Waals surface area contributed by atoms with Crippen molar-refractivity contribution in [1.29, 1.82) is 0 Å². The predicted molar refractivity (Wildman–Crippen MR) is 102 cm³/mol. The molecule has 1 unspecified atom stereocenters. The molecule has 142 valence electrons. The number of anilines is 1. The molecule has 0 radical (unpaired) electrons. The summed E-state index contributed by atoms with van der Waals surface area (Å²) in [6, 6.07) is 15.3. The van der Waals surface area contributed by atoms with Gasteiger partial charge in [0.25, 0.3) is 15.9 Å². The molecule has 2 aromatic rings. The molecule has 1 fully saturated rings. The fourth-order valence-electron chi connectivity index (χ4n) is 3.65. The van der Waals surface area contributed by atoms with Gasteiger partial charge in [0, 0.05) is 6.04 Å². The SMILES string of the molecule is O=C(NC1CCCC1)C1CN(S(=O)(=O)c2ccccc2)c2ccccc2O1. The molecule has 1 aliphatic carbocycles. The number of para-hydroxylation sites is 2. The van der Waals surface area contributed by atoms with Gasteiger partial charge in [-0.1, -0.05) is 43.2 Å². The number of ether oxygens (including phenoxy) is 1. The summed E-state index contributed by atoms with van der Waals surface area (Å²) in [5.74, 6) is 0.138. The maximum absolute atomic E-state index is 13.2. The molecule has 27 heavy (non-hydrogen) atoms. The summed E-state index contributed by atoms with van der Waals surface area (Å²) in [5.41, 5.74) is 0.450. The van der Waals surface area contributed by atoms with Gasteiger partial charge in [-0.2, -0.15) is 0 Å². The second-order valence-electron chi connectivity index (χ2n) is 6.91. The Morgan fingerprint density at radius 1 is 1.00 bits per heavy atom. The first-order valence-electron chi connectivity index (χ1n) is 9.19. The Kier molecular flexibility index (Phi) is 4.78. The zero-order valence-corrected chi connectivity index (χ0v) is 15.7. The average Bonchev–Trinajstić information content (AvgIpc) is 3.20. The first-order valence-corrected chi connectivity index (χ1v) is 10.6. The van der Waals surface area contributed by atoms with Crippen LogP contribution in [0.2, 0.25) is 0 Å². The molecule has 1 amide bonds. The monoisotopic (exact) mass is 386 g/mol. The fourth-order valence-corrected chi connectivity index (χ4v) is 5.15. The molecular formula is C20H22N2O4S. The summed E-state index contributed by atoms with van der Waals surface area (Å²) < 4.78 is 33.5. The fraction of sp³-hybridized carbons (Fsp3) is 0.350. The van der Waals surface area contributed by atoms with Crippen molar-refractivity contribution in [3.8, 4) is 5.75 Å². The van der Waals surface area contributed by atoms with Crippen LogP contribution in [0.1, 0.15) is 25.7 Å². The smallest absolute Gasteiger partial charge is 0.264 e. The third-order valence-electron chi connectivity index (χ3n) is 5.06. The van der Waals surface area contributed by atoms with Crippen LogP contribution in [0.4, 0.5) is 5.69 Å². The number of rotatable bonds is 4. The highest BCUT2D eigenvalue weighted by Crippen LogP contribution is 2.36. The Labute approximate surface area is 159 Å². The molecule has 0 bridgehead atoms. The van der Waals surface area contributed by atoms with Crippen LogP contribution in [0.25, 0.3) is 0 Å². The highest BCUT2D eigenvalue weighted by Gasteiger charge is 2.38. The summed E-state index contributed by atoms with van der Waals surface area (Å²) in [7, 11) is -3.80. The minimum absolute atomic E-state index is 0.0488. The summed E-state index contributed by atoms with van der Waals surface area (Å²) >= 11 is 0. The first kappa shape index (κ1) is 17.9. The second-order valence-corrected chi connectivity index (χ2v) is 8.78. The highest BCUT2D eigenvalue weighted by atomic mass is 32.2. The number of nitrogens with zero attached hydrogens (tertiary/aromatic N) is 1. The number of fused-ring (bicyclic) bond motifs is 1. The lowest BCUT2D eigenvalue weighted by Crippen LogP contribution is -2.52. The van der Waals surface area contributed by atoms with E-state index in [4.69, 9.17) is 4.74 Å². The van der Waals surface area contributed by atoms with Gasteiger partial charge >= 0.3 is 0 Å². The van der Waals surface area contributed by atoms with Crippen molar-refractivity contribution in [2.24, 2.45) is 0 Å². The molecule has 6 nitrogen and oxygen atoms in total. The molecule has 1 saturated carbocycles. The number of hydrogen-bond donors (Lipinski definition) is 1. The minimum Gasteiger partial charge on any atom is -0.476 e. The van der Waals surface area contributed by atoms with Crippen molar-refractivity contribution in [2.75, 3.05) is 10.8 Å². The Bertz CT molecular complexity index is 924. The van der Waals surface area contributed by atoms with Crippen LogP contribution in [0, 0.1) is 0 Å². The van der Waals surface area contributed by atoms with Gasteiger partial charge in [0.1, 0.15) is 5.75 Å². The van der Waals surface area contributed by atoms with E-state index in [1.54, 1.807) is 54.6 Å². The number of benzene rings is 2. The van der Waals surface area contributed by atoms with Gasteiger partial charge in [-0.05, 0) is 37.1 Å². The standard InChI is InChI=1S/C20H22N2O4S/c23-20(21-15-8-4-5-9-15)19-14-22(17-12-6-7-13-18(17)26-19)27(24,25)16-10-2-1-3-11-16/h1-3,6-7,10-13,15,19H,4-5,8-9,14H2,(H,21,23). The van der Waals surface area contributed by atoms with Gasteiger partial charge < -0.3 is 10.1 Å². The third-order valence-corrected chi connectivity index (χ3v) is 6.85. The third kappa shape index (κ3) is 3.51. The lowest BCUT2D eigenvalue weighted by atomic mass is 10.2. The van der Waals surface area contributed by atoms with Crippen molar-refractivity contribution in [2.45, 2.75) is 42.7 Å². The molecule has 1 N–H and O–H groups in total. The van der Waals surface area contributed by atoms with Crippen LogP contribution >= 0.6 is 0 Å². The van der Waals surface area contributed by atoms with E-state index in [0.29, 0.717) is 11.4 Å². The molecule has 1 atom stereocenters. The Morgan fingerprint density at radius 3 is 2.41 bits per heavy atom. The van der Waals surface area contributed by atoms with Crippen LogP contribution in [0.5, 0.6) is 5.75 Å². The minimum atomic E-state index is -3.80. The summed E-state index contributed by atoms with van der Waals surface area (Å²) in [6.45, 7) is -0.0488. The molecule has 1 aliphatic heterocycles. The van der Waals surface area contributed by atoms with Gasteiger partial charge in [-0.3, -0.25) is 9.10 Å². The number of carbonyl (C=O) groups excluding carboxylic acids is 1. The maximum atomic E-state index is 13.2. The maximum Gasteiger partial charge on any atom is 0.264 e. The van der Waals surface area contributed by atoms with Crippen LogP contribution in [-0.2, 0) is 14.8 Å². The van der Waals surface area contributed by atoms with Crippen molar-refractivity contribution >= 4 is 21.6 Å². The van der Waals surface area contributed by atoms with E-state index in [0.717, 1.165) is 25.7 Å².